The van der Waals surface area contributed by atoms with Gasteiger partial charge in [0.15, 0.2) is 0 Å². The summed E-state index contributed by atoms with van der Waals surface area (Å²) in [5, 5.41) is 3.37. The minimum atomic E-state index is 0.625. The molecule has 23 heavy (non-hydrogen) atoms. The Hall–Kier alpha value is -1.60. The smallest absolute Gasteiger partial charge is 0.00459 e. The van der Waals surface area contributed by atoms with Gasteiger partial charge in [-0.3, -0.25) is 0 Å². The van der Waals surface area contributed by atoms with E-state index < -0.39 is 0 Å². The van der Waals surface area contributed by atoms with Crippen molar-refractivity contribution in [3.63, 3.8) is 0 Å². The molecule has 1 aliphatic carbocycles. The van der Waals surface area contributed by atoms with E-state index in [-0.39, 0.29) is 0 Å². The van der Waals surface area contributed by atoms with E-state index in [1.54, 1.807) is 22.3 Å². The summed E-state index contributed by atoms with van der Waals surface area (Å²) in [7, 11) is 2.07. The van der Waals surface area contributed by atoms with Crippen LogP contribution in [-0.4, -0.2) is 13.6 Å². The van der Waals surface area contributed by atoms with E-state index >= 15 is 0 Å². The molecule has 0 amide bonds. The molecule has 0 bridgehead atoms. The predicted molar refractivity (Wildman–Crippen MR) is 99.2 cm³/mol. The molecule has 1 nitrogen and oxygen atoms in total. The van der Waals surface area contributed by atoms with Crippen LogP contribution in [0.3, 0.4) is 0 Å². The molecular weight excluding hydrogens is 278 g/mol. The highest BCUT2D eigenvalue weighted by Crippen LogP contribution is 2.43. The normalized spacial score (nSPS) is 20.3. The zero-order chi connectivity index (χ0) is 16.1. The second-order valence-electron chi connectivity index (χ2n) is 6.79. The van der Waals surface area contributed by atoms with Crippen molar-refractivity contribution in [2.75, 3.05) is 13.6 Å². The van der Waals surface area contributed by atoms with Crippen LogP contribution in [0, 0.1) is 0 Å². The Morgan fingerprint density at radius 1 is 0.826 bits per heavy atom. The van der Waals surface area contributed by atoms with Crippen molar-refractivity contribution >= 4 is 0 Å². The molecule has 0 fully saturated rings. The van der Waals surface area contributed by atoms with Gasteiger partial charge in [-0.2, -0.15) is 0 Å². The molecule has 0 aromatic heterocycles. The highest BCUT2D eigenvalue weighted by Gasteiger charge is 2.28. The number of fused-ring (bicyclic) bond motifs is 2. The average molecular weight is 307 g/mol. The highest BCUT2D eigenvalue weighted by atomic mass is 14.8. The van der Waals surface area contributed by atoms with Crippen molar-refractivity contribution < 1.29 is 0 Å². The first kappa shape index (κ1) is 16.3. The van der Waals surface area contributed by atoms with Crippen LogP contribution in [0.1, 0.15) is 60.3 Å². The van der Waals surface area contributed by atoms with Gasteiger partial charge in [-0.15, -0.1) is 0 Å². The minimum absolute atomic E-state index is 0.625. The maximum Gasteiger partial charge on any atom is -0.00459 e. The standard InChI is InChI=1S/C22H29N/c1-3-8-21-19-11-6-4-9-17(19)13-14-18-10-5-7-12-20(18)22(21)15-16-23-2/h4-7,9-12,21-23H,3,8,13-16H2,1-2H3. The predicted octanol–water partition coefficient (Wildman–Crippen LogP) is 5.06. The van der Waals surface area contributed by atoms with E-state index in [4.69, 9.17) is 0 Å². The van der Waals surface area contributed by atoms with Crippen LogP contribution >= 0.6 is 0 Å². The van der Waals surface area contributed by atoms with Crippen LogP contribution in [0.25, 0.3) is 0 Å². The van der Waals surface area contributed by atoms with E-state index in [9.17, 15) is 0 Å². The Labute approximate surface area is 141 Å². The third-order valence-electron chi connectivity index (χ3n) is 5.36. The lowest BCUT2D eigenvalue weighted by atomic mass is 9.72. The van der Waals surface area contributed by atoms with E-state index in [0.717, 1.165) is 6.54 Å². The fourth-order valence-electron chi connectivity index (χ4n) is 4.27. The number of aryl methyl sites for hydroxylation is 2. The van der Waals surface area contributed by atoms with E-state index in [2.05, 4.69) is 67.8 Å². The lowest BCUT2D eigenvalue weighted by Crippen LogP contribution is -2.21. The molecule has 0 saturated carbocycles. The second kappa shape index (κ2) is 7.79. The first-order valence-corrected chi connectivity index (χ1v) is 9.15. The second-order valence-corrected chi connectivity index (χ2v) is 6.79. The van der Waals surface area contributed by atoms with Gasteiger partial charge in [-0.05, 0) is 73.4 Å². The molecule has 0 saturated heterocycles. The molecule has 3 rings (SSSR count). The zero-order valence-electron chi connectivity index (χ0n) is 14.5. The van der Waals surface area contributed by atoms with Crippen LogP contribution in [0.15, 0.2) is 48.5 Å². The molecular formula is C22H29N. The summed E-state index contributed by atoms with van der Waals surface area (Å²) in [4.78, 5) is 0. The SMILES string of the molecule is CCCC1c2ccccc2CCc2ccccc2C1CCNC. The van der Waals surface area contributed by atoms with E-state index in [1.165, 1.54) is 32.1 Å². The Balaban J connectivity index is 2.08. The Morgan fingerprint density at radius 2 is 1.35 bits per heavy atom. The molecule has 2 unspecified atom stereocenters. The van der Waals surface area contributed by atoms with Gasteiger partial charge in [0.25, 0.3) is 0 Å². The van der Waals surface area contributed by atoms with Crippen LogP contribution in [0.5, 0.6) is 0 Å². The molecule has 0 radical (unpaired) electrons. The van der Waals surface area contributed by atoms with Gasteiger partial charge < -0.3 is 5.32 Å². The molecule has 2 aromatic carbocycles. The van der Waals surface area contributed by atoms with Crippen molar-refractivity contribution in [2.24, 2.45) is 0 Å². The number of nitrogens with one attached hydrogen (secondary N) is 1. The summed E-state index contributed by atoms with van der Waals surface area (Å²) in [5.41, 5.74) is 6.32. The molecule has 2 atom stereocenters. The summed E-state index contributed by atoms with van der Waals surface area (Å²) in [6.07, 6.45) is 6.08. The van der Waals surface area contributed by atoms with Gasteiger partial charge >= 0.3 is 0 Å². The first-order valence-electron chi connectivity index (χ1n) is 9.15. The summed E-state index contributed by atoms with van der Waals surface area (Å²) in [5.74, 6) is 1.27. The molecule has 1 N–H and O–H groups in total. The molecule has 0 spiro atoms. The molecule has 122 valence electrons. The Bertz CT molecular complexity index is 631. The van der Waals surface area contributed by atoms with Crippen LogP contribution in [0.4, 0.5) is 0 Å². The van der Waals surface area contributed by atoms with Gasteiger partial charge in [-0.1, -0.05) is 61.9 Å². The molecule has 1 aliphatic rings. The van der Waals surface area contributed by atoms with Gasteiger partial charge in [0.1, 0.15) is 0 Å². The lowest BCUT2D eigenvalue weighted by molar-refractivity contribution is 0.456. The molecule has 0 heterocycles. The number of hydrogen-bond donors (Lipinski definition) is 1. The Kier molecular flexibility index (Phi) is 5.51. The quantitative estimate of drug-likeness (QED) is 0.814. The monoisotopic (exact) mass is 307 g/mol. The van der Waals surface area contributed by atoms with Crippen LogP contribution in [0.2, 0.25) is 0 Å². The van der Waals surface area contributed by atoms with Crippen molar-refractivity contribution in [3.8, 4) is 0 Å². The maximum absolute atomic E-state index is 3.37. The Morgan fingerprint density at radius 3 is 1.87 bits per heavy atom. The van der Waals surface area contributed by atoms with Gasteiger partial charge in [0, 0.05) is 0 Å². The largest absolute Gasteiger partial charge is 0.320 e. The van der Waals surface area contributed by atoms with Gasteiger partial charge in [-0.25, -0.2) is 0 Å². The summed E-state index contributed by atoms with van der Waals surface area (Å²) in [6.45, 7) is 3.41. The fourth-order valence-corrected chi connectivity index (χ4v) is 4.27. The average Bonchev–Trinajstić information content (AvgIpc) is 2.59. The van der Waals surface area contributed by atoms with E-state index in [1.807, 2.05) is 0 Å². The number of hydrogen-bond acceptors (Lipinski definition) is 1. The fraction of sp³-hybridized carbons (Fsp3) is 0.455. The van der Waals surface area contributed by atoms with Crippen molar-refractivity contribution in [1.29, 1.82) is 0 Å². The summed E-state index contributed by atoms with van der Waals surface area (Å²) in [6, 6.07) is 18.3. The lowest BCUT2D eigenvalue weighted by Gasteiger charge is -2.33. The number of benzene rings is 2. The summed E-state index contributed by atoms with van der Waals surface area (Å²) < 4.78 is 0. The van der Waals surface area contributed by atoms with E-state index in [0.29, 0.717) is 11.8 Å². The van der Waals surface area contributed by atoms with Gasteiger partial charge in [0.2, 0.25) is 0 Å². The highest BCUT2D eigenvalue weighted by molar-refractivity contribution is 5.41. The van der Waals surface area contributed by atoms with Gasteiger partial charge in [0.05, 0.1) is 0 Å². The molecule has 1 heteroatoms. The van der Waals surface area contributed by atoms with Crippen LogP contribution < -0.4 is 5.32 Å². The zero-order valence-corrected chi connectivity index (χ0v) is 14.5. The maximum atomic E-state index is 3.37. The molecule has 2 aromatic rings. The molecule has 0 aliphatic heterocycles. The first-order chi connectivity index (χ1) is 11.3. The topological polar surface area (TPSA) is 12.0 Å². The third kappa shape index (κ3) is 3.50. The summed E-state index contributed by atoms with van der Waals surface area (Å²) >= 11 is 0. The number of rotatable bonds is 5. The van der Waals surface area contributed by atoms with Crippen molar-refractivity contribution in [1.82, 2.24) is 5.32 Å². The van der Waals surface area contributed by atoms with Crippen molar-refractivity contribution in [3.05, 3.63) is 70.8 Å². The van der Waals surface area contributed by atoms with Crippen LogP contribution in [-0.2, 0) is 12.8 Å². The van der Waals surface area contributed by atoms with Crippen molar-refractivity contribution in [2.45, 2.75) is 50.9 Å². The third-order valence-corrected chi connectivity index (χ3v) is 5.36. The minimum Gasteiger partial charge on any atom is -0.320 e.